The second-order valence-corrected chi connectivity index (χ2v) is 2.08. The van der Waals surface area contributed by atoms with Crippen LogP contribution in [0.25, 0.3) is 0 Å². The van der Waals surface area contributed by atoms with Crippen molar-refractivity contribution in [3.05, 3.63) is 0 Å². The smallest absolute Gasteiger partial charge is 0.320 e. The number of Topliss-reactive ketones (excluding diaryl/α,β-unsaturated/α-hetero) is 1. The third kappa shape index (κ3) is 5.26. The quantitative estimate of drug-likeness (QED) is 0.441. The standard InChI is InChI=1S/C7H10O4/c1-3-6(9)11-7(10)4-5(2)8/h3-4H2,1-2H3. The van der Waals surface area contributed by atoms with Crippen molar-refractivity contribution in [2.75, 3.05) is 0 Å². The number of rotatable bonds is 3. The molecule has 0 N–H and O–H groups in total. The van der Waals surface area contributed by atoms with Gasteiger partial charge in [-0.05, 0) is 6.92 Å². The predicted octanol–water partition coefficient (Wildman–Crippen LogP) is 0.445. The van der Waals surface area contributed by atoms with Gasteiger partial charge in [0.25, 0.3) is 0 Å². The molecule has 0 aromatic heterocycles. The first-order valence-electron chi connectivity index (χ1n) is 3.29. The summed E-state index contributed by atoms with van der Waals surface area (Å²) in [7, 11) is 0. The molecule has 0 aromatic rings. The Morgan fingerprint density at radius 3 is 2.09 bits per heavy atom. The van der Waals surface area contributed by atoms with Crippen molar-refractivity contribution in [3.8, 4) is 0 Å². The van der Waals surface area contributed by atoms with Crippen LogP contribution in [0, 0.1) is 0 Å². The predicted molar refractivity (Wildman–Crippen MR) is 36.7 cm³/mol. The third-order valence-electron chi connectivity index (χ3n) is 0.910. The minimum atomic E-state index is -0.774. The van der Waals surface area contributed by atoms with Crippen LogP contribution in [-0.4, -0.2) is 17.7 Å². The maximum atomic E-state index is 10.6. The molecular formula is C7H10O4. The van der Waals surface area contributed by atoms with E-state index in [0.717, 1.165) is 0 Å². The lowest BCUT2D eigenvalue weighted by molar-refractivity contribution is -0.159. The molecule has 0 unspecified atom stereocenters. The zero-order chi connectivity index (χ0) is 8.85. The molecule has 0 spiro atoms. The number of esters is 2. The van der Waals surface area contributed by atoms with Gasteiger partial charge >= 0.3 is 11.9 Å². The van der Waals surface area contributed by atoms with Gasteiger partial charge in [-0.1, -0.05) is 6.92 Å². The fourth-order valence-electron chi connectivity index (χ4n) is 0.438. The van der Waals surface area contributed by atoms with Crippen LogP contribution in [0.1, 0.15) is 26.7 Å². The first-order valence-corrected chi connectivity index (χ1v) is 3.29. The van der Waals surface area contributed by atoms with E-state index in [1.165, 1.54) is 6.92 Å². The second kappa shape index (κ2) is 4.60. The third-order valence-corrected chi connectivity index (χ3v) is 0.910. The molecule has 0 aromatic carbocycles. The van der Waals surface area contributed by atoms with Crippen LogP contribution in [0.3, 0.4) is 0 Å². The maximum absolute atomic E-state index is 10.6. The zero-order valence-electron chi connectivity index (χ0n) is 6.55. The minimum Gasteiger partial charge on any atom is -0.393 e. The van der Waals surface area contributed by atoms with Gasteiger partial charge < -0.3 is 4.74 Å². The van der Waals surface area contributed by atoms with Crippen molar-refractivity contribution in [3.63, 3.8) is 0 Å². The first-order chi connectivity index (χ1) is 5.06. The van der Waals surface area contributed by atoms with Gasteiger partial charge in [-0.3, -0.25) is 14.4 Å². The molecule has 0 fully saturated rings. The van der Waals surface area contributed by atoms with Crippen LogP contribution in [0.2, 0.25) is 0 Å². The summed E-state index contributed by atoms with van der Waals surface area (Å²) in [6.45, 7) is 2.83. The van der Waals surface area contributed by atoms with Gasteiger partial charge in [-0.25, -0.2) is 0 Å². The zero-order valence-corrected chi connectivity index (χ0v) is 6.55. The molecule has 0 bridgehead atoms. The van der Waals surface area contributed by atoms with Crippen molar-refractivity contribution >= 4 is 17.7 Å². The molecule has 4 nitrogen and oxygen atoms in total. The lowest BCUT2D eigenvalue weighted by Crippen LogP contribution is -2.13. The van der Waals surface area contributed by atoms with E-state index in [1.54, 1.807) is 6.92 Å². The Labute approximate surface area is 64.5 Å². The molecule has 11 heavy (non-hydrogen) atoms. The van der Waals surface area contributed by atoms with Gasteiger partial charge in [0.05, 0.1) is 0 Å². The average Bonchev–Trinajstić information content (AvgIpc) is 1.85. The van der Waals surface area contributed by atoms with Crippen molar-refractivity contribution in [1.82, 2.24) is 0 Å². The van der Waals surface area contributed by atoms with Crippen LogP contribution in [0.5, 0.6) is 0 Å². The Kier molecular flexibility index (Phi) is 4.10. The molecule has 0 radical (unpaired) electrons. The van der Waals surface area contributed by atoms with E-state index < -0.39 is 11.9 Å². The molecule has 4 heteroatoms. The Balaban J connectivity index is 3.70. The maximum Gasteiger partial charge on any atom is 0.320 e. The highest BCUT2D eigenvalue weighted by molar-refractivity contribution is 5.98. The number of carbonyl (C=O) groups excluding carboxylic acids is 3. The molecule has 0 aliphatic heterocycles. The van der Waals surface area contributed by atoms with E-state index in [-0.39, 0.29) is 18.6 Å². The molecule has 0 saturated heterocycles. The summed E-state index contributed by atoms with van der Waals surface area (Å²) < 4.78 is 4.21. The van der Waals surface area contributed by atoms with Crippen LogP contribution in [0.4, 0.5) is 0 Å². The van der Waals surface area contributed by atoms with E-state index in [1.807, 2.05) is 0 Å². The van der Waals surface area contributed by atoms with Gasteiger partial charge in [0.2, 0.25) is 0 Å². The average molecular weight is 158 g/mol. The number of carbonyl (C=O) groups is 3. The topological polar surface area (TPSA) is 60.4 Å². The van der Waals surface area contributed by atoms with Crippen LogP contribution in [0.15, 0.2) is 0 Å². The molecule has 0 amide bonds. The second-order valence-electron chi connectivity index (χ2n) is 2.08. The first kappa shape index (κ1) is 9.81. The van der Waals surface area contributed by atoms with Crippen molar-refractivity contribution in [2.24, 2.45) is 0 Å². The summed E-state index contributed by atoms with van der Waals surface area (Å²) in [5.74, 6) is -1.68. The Bertz CT molecular complexity index is 183. The molecule has 0 aliphatic rings. The summed E-state index contributed by atoms with van der Waals surface area (Å²) >= 11 is 0. The van der Waals surface area contributed by atoms with Crippen LogP contribution in [-0.2, 0) is 19.1 Å². The number of ketones is 1. The molecular weight excluding hydrogens is 148 g/mol. The van der Waals surface area contributed by atoms with Gasteiger partial charge in [0.1, 0.15) is 12.2 Å². The highest BCUT2D eigenvalue weighted by Gasteiger charge is 2.09. The van der Waals surface area contributed by atoms with E-state index >= 15 is 0 Å². The highest BCUT2D eigenvalue weighted by atomic mass is 16.6. The lowest BCUT2D eigenvalue weighted by Gasteiger charge is -1.97. The summed E-state index contributed by atoms with van der Waals surface area (Å²) in [5, 5.41) is 0. The SMILES string of the molecule is CCC(=O)OC(=O)CC(C)=O. The van der Waals surface area contributed by atoms with E-state index in [9.17, 15) is 14.4 Å². The molecule has 0 aliphatic carbocycles. The Morgan fingerprint density at radius 2 is 1.73 bits per heavy atom. The molecule has 0 atom stereocenters. The Morgan fingerprint density at radius 1 is 1.18 bits per heavy atom. The summed E-state index contributed by atoms with van der Waals surface area (Å²) in [5.41, 5.74) is 0. The van der Waals surface area contributed by atoms with E-state index in [0.29, 0.717) is 0 Å². The van der Waals surface area contributed by atoms with Crippen LogP contribution < -0.4 is 0 Å². The van der Waals surface area contributed by atoms with Gasteiger partial charge in [0, 0.05) is 6.42 Å². The van der Waals surface area contributed by atoms with E-state index in [2.05, 4.69) is 4.74 Å². The highest BCUT2D eigenvalue weighted by Crippen LogP contribution is 1.90. The summed E-state index contributed by atoms with van der Waals surface area (Å²) in [6.07, 6.45) is -0.185. The van der Waals surface area contributed by atoms with Gasteiger partial charge in [0.15, 0.2) is 0 Å². The summed E-state index contributed by atoms with van der Waals surface area (Å²) in [4.78, 5) is 31.3. The van der Waals surface area contributed by atoms with Gasteiger partial charge in [-0.2, -0.15) is 0 Å². The monoisotopic (exact) mass is 158 g/mol. The number of hydrogen-bond acceptors (Lipinski definition) is 4. The van der Waals surface area contributed by atoms with E-state index in [4.69, 9.17) is 0 Å². The normalized spacial score (nSPS) is 8.91. The fraction of sp³-hybridized carbons (Fsp3) is 0.571. The van der Waals surface area contributed by atoms with Crippen molar-refractivity contribution in [1.29, 1.82) is 0 Å². The lowest BCUT2D eigenvalue weighted by atomic mass is 10.3. The Hall–Kier alpha value is -1.19. The molecule has 0 saturated carbocycles. The van der Waals surface area contributed by atoms with Crippen LogP contribution >= 0.6 is 0 Å². The molecule has 0 heterocycles. The largest absolute Gasteiger partial charge is 0.393 e. The number of ether oxygens (including phenoxy) is 1. The number of hydrogen-bond donors (Lipinski definition) is 0. The molecule has 62 valence electrons. The fourth-order valence-corrected chi connectivity index (χ4v) is 0.438. The van der Waals surface area contributed by atoms with Gasteiger partial charge in [-0.15, -0.1) is 0 Å². The van der Waals surface area contributed by atoms with Crippen molar-refractivity contribution < 1.29 is 19.1 Å². The minimum absolute atomic E-state index is 0.143. The van der Waals surface area contributed by atoms with Crippen molar-refractivity contribution in [2.45, 2.75) is 26.7 Å². The summed E-state index contributed by atoms with van der Waals surface area (Å²) in [6, 6.07) is 0. The molecule has 0 rings (SSSR count).